The van der Waals surface area contributed by atoms with Crippen molar-refractivity contribution >= 4 is 66.4 Å². The van der Waals surface area contributed by atoms with Gasteiger partial charge in [0, 0.05) is 60.4 Å². The number of likely N-dealkylation sites (tertiary alicyclic amines) is 1. The Morgan fingerprint density at radius 2 is 1.54 bits per heavy atom. The zero-order valence-electron chi connectivity index (χ0n) is 39.0. The Bertz CT molecular complexity index is 2660. The number of halogens is 1. The number of ether oxygens (including phenoxy) is 3. The van der Waals surface area contributed by atoms with Crippen molar-refractivity contribution < 1.29 is 33.7 Å². The van der Waals surface area contributed by atoms with Crippen LogP contribution in [0.1, 0.15) is 44.9 Å². The number of piperazine rings is 1. The molecule has 358 valence electrons. The third-order valence-corrected chi connectivity index (χ3v) is 15.0. The summed E-state index contributed by atoms with van der Waals surface area (Å²) in [7, 11) is 0. The Morgan fingerprint density at radius 1 is 0.853 bits per heavy atom. The molecule has 8 rings (SSSR count). The molecule has 0 aliphatic carbocycles. The van der Waals surface area contributed by atoms with E-state index in [2.05, 4.69) is 41.3 Å². The number of thiophene rings is 1. The van der Waals surface area contributed by atoms with Crippen molar-refractivity contribution in [1.29, 1.82) is 0 Å². The first-order chi connectivity index (χ1) is 32.8. The number of aryl methyl sites for hydroxylation is 1. The highest BCUT2D eigenvalue weighted by molar-refractivity contribution is 9.10. The van der Waals surface area contributed by atoms with Crippen LogP contribution in [-0.2, 0) is 25.7 Å². The lowest BCUT2D eigenvalue weighted by Crippen LogP contribution is -2.59. The number of carbonyl (C=O) groups is 3. The van der Waals surface area contributed by atoms with Gasteiger partial charge >= 0.3 is 0 Å². The predicted octanol–water partition coefficient (Wildman–Crippen LogP) is 9.11. The summed E-state index contributed by atoms with van der Waals surface area (Å²) in [6.45, 7) is 14.1. The highest BCUT2D eigenvalue weighted by Crippen LogP contribution is 2.47. The number of nitrogens with zero attached hydrogens (tertiary/aromatic N) is 4. The van der Waals surface area contributed by atoms with Gasteiger partial charge in [-0.2, -0.15) is 0 Å². The van der Waals surface area contributed by atoms with Gasteiger partial charge < -0.3 is 34.9 Å². The van der Waals surface area contributed by atoms with Crippen molar-refractivity contribution in [1.82, 2.24) is 30.3 Å². The largest absolute Gasteiger partial charge is 0.508 e. The highest BCUT2D eigenvalue weighted by Gasteiger charge is 2.42. The van der Waals surface area contributed by atoms with Gasteiger partial charge in [0.15, 0.2) is 5.75 Å². The molecule has 2 aliphatic heterocycles. The number of carbonyl (C=O) groups excluding carboxylic acids is 3. The second-order valence-electron chi connectivity index (χ2n) is 18.3. The summed E-state index contributed by atoms with van der Waals surface area (Å²) >= 11 is 6.70. The number of nitrogens with one attached hydrogen (secondary N) is 2. The predicted molar refractivity (Wildman–Crippen MR) is 273 cm³/mol. The zero-order chi connectivity index (χ0) is 47.8. The van der Waals surface area contributed by atoms with E-state index in [4.69, 9.17) is 14.2 Å². The van der Waals surface area contributed by atoms with Crippen LogP contribution < -0.4 is 20.1 Å². The van der Waals surface area contributed by atoms with Crippen LogP contribution in [0.25, 0.3) is 31.0 Å². The average Bonchev–Trinajstić information content (AvgIpc) is 4.08. The molecule has 3 N–H and O–H groups in total. The molecule has 4 heterocycles. The number of thiazole rings is 1. The third-order valence-electron chi connectivity index (χ3n) is 12.3. The van der Waals surface area contributed by atoms with E-state index in [-0.39, 0.29) is 30.0 Å². The smallest absolute Gasteiger partial charge is 0.246 e. The SMILES string of the molecule is Cc1ncsc1-c1ccc(CNC(=O)[C@@H]2CCCN2C(=O)[C@@H](NC(=O)CN2CCN(CCOCCOc3ccc(Oc4c(-c5ccc(Br)cc5)sc5cc(O)ccc45)cc3)CC2)C(C)(C)C)cc1. The van der Waals surface area contributed by atoms with Gasteiger partial charge in [-0.1, -0.05) is 73.1 Å². The molecule has 0 spiro atoms. The van der Waals surface area contributed by atoms with E-state index < -0.39 is 17.5 Å². The molecular formula is C52H59BrN6O7S2. The Morgan fingerprint density at radius 3 is 2.25 bits per heavy atom. The van der Waals surface area contributed by atoms with Crippen LogP contribution in [0.2, 0.25) is 0 Å². The molecule has 0 radical (unpaired) electrons. The van der Waals surface area contributed by atoms with Crippen molar-refractivity contribution in [3.8, 4) is 43.9 Å². The summed E-state index contributed by atoms with van der Waals surface area (Å²) in [6, 6.07) is 27.7. The van der Waals surface area contributed by atoms with Crippen molar-refractivity contribution in [2.75, 3.05) is 65.6 Å². The van der Waals surface area contributed by atoms with Crippen molar-refractivity contribution in [2.24, 2.45) is 5.41 Å². The summed E-state index contributed by atoms with van der Waals surface area (Å²) < 4.78 is 20.3. The van der Waals surface area contributed by atoms with Crippen LogP contribution in [0.3, 0.4) is 0 Å². The maximum Gasteiger partial charge on any atom is 0.246 e. The number of phenolic OH excluding ortho intramolecular Hbond substituents is 1. The molecule has 2 fully saturated rings. The first-order valence-electron chi connectivity index (χ1n) is 23.1. The van der Waals surface area contributed by atoms with Crippen LogP contribution in [0, 0.1) is 12.3 Å². The minimum Gasteiger partial charge on any atom is -0.508 e. The average molecular weight is 1020 g/mol. The van der Waals surface area contributed by atoms with Crippen LogP contribution in [0.5, 0.6) is 23.0 Å². The van der Waals surface area contributed by atoms with Crippen LogP contribution in [0.4, 0.5) is 0 Å². The highest BCUT2D eigenvalue weighted by atomic mass is 79.9. The molecule has 4 aromatic carbocycles. The molecule has 13 nitrogen and oxygen atoms in total. The molecule has 0 unspecified atom stereocenters. The standard InChI is InChI=1S/C52H59BrN6O7S2/c1-34-47(67-33-55-34)36-9-7-35(8-10-36)31-54-50(62)43-6-5-21-59(43)51(63)49(52(2,3)4)56-45(61)32-58-24-22-57(23-25-58)26-27-64-28-29-65-40-16-18-41(19-17-40)66-46-42-20-15-39(60)30-44(42)68-48(46)37-11-13-38(53)14-12-37/h7-20,30,33,43,49,60H,5-6,21-29,31-32H2,1-4H3,(H,54,62)(H,56,61)/t43-,49+/m0/s1. The molecule has 0 bridgehead atoms. The summed E-state index contributed by atoms with van der Waals surface area (Å²) in [5.41, 5.74) is 5.38. The van der Waals surface area contributed by atoms with Gasteiger partial charge in [-0.25, -0.2) is 4.98 Å². The minimum absolute atomic E-state index is 0.178. The number of hydrogen-bond acceptors (Lipinski definition) is 12. The lowest BCUT2D eigenvalue weighted by Gasteiger charge is -2.37. The number of rotatable bonds is 18. The lowest BCUT2D eigenvalue weighted by atomic mass is 9.85. The third kappa shape index (κ3) is 12.4. The second kappa shape index (κ2) is 22.4. The molecule has 2 saturated heterocycles. The first kappa shape index (κ1) is 49.1. The molecule has 6 aromatic rings. The van der Waals surface area contributed by atoms with E-state index in [0.29, 0.717) is 50.8 Å². The van der Waals surface area contributed by atoms with Crippen LogP contribution in [0.15, 0.2) is 101 Å². The normalized spacial score (nSPS) is 16.2. The molecule has 16 heteroatoms. The van der Waals surface area contributed by atoms with Gasteiger partial charge in [-0.3, -0.25) is 24.2 Å². The fourth-order valence-electron chi connectivity index (χ4n) is 8.55. The van der Waals surface area contributed by atoms with E-state index >= 15 is 0 Å². The molecule has 3 amide bonds. The monoisotopic (exact) mass is 1020 g/mol. The van der Waals surface area contributed by atoms with E-state index in [1.807, 2.05) is 112 Å². The summed E-state index contributed by atoms with van der Waals surface area (Å²) in [6.07, 6.45) is 1.31. The molecular weight excluding hydrogens is 965 g/mol. The van der Waals surface area contributed by atoms with Crippen LogP contribution >= 0.6 is 38.6 Å². The fourth-order valence-corrected chi connectivity index (χ4v) is 10.8. The quantitative estimate of drug-likeness (QED) is 0.0713. The number of benzene rings is 4. The van der Waals surface area contributed by atoms with Gasteiger partial charge in [-0.15, -0.1) is 22.7 Å². The van der Waals surface area contributed by atoms with Gasteiger partial charge in [0.2, 0.25) is 17.7 Å². The number of aromatic nitrogens is 1. The number of amides is 3. The van der Waals surface area contributed by atoms with E-state index in [0.717, 1.165) is 91.6 Å². The molecule has 2 aliphatic rings. The topological polar surface area (TPSA) is 146 Å². The Hall–Kier alpha value is -5.36. The zero-order valence-corrected chi connectivity index (χ0v) is 42.2. The first-order valence-corrected chi connectivity index (χ1v) is 25.6. The number of fused-ring (bicyclic) bond motifs is 1. The van der Waals surface area contributed by atoms with Gasteiger partial charge in [0.25, 0.3) is 0 Å². The molecule has 68 heavy (non-hydrogen) atoms. The Labute approximate surface area is 414 Å². The van der Waals surface area contributed by atoms with Gasteiger partial charge in [0.05, 0.1) is 40.7 Å². The molecule has 0 saturated carbocycles. The van der Waals surface area contributed by atoms with E-state index in [1.165, 1.54) is 0 Å². The summed E-state index contributed by atoms with van der Waals surface area (Å²) in [4.78, 5) is 53.6. The van der Waals surface area contributed by atoms with E-state index in [9.17, 15) is 19.5 Å². The number of phenols is 1. The van der Waals surface area contributed by atoms with Gasteiger partial charge in [-0.05, 0) is 96.5 Å². The van der Waals surface area contributed by atoms with E-state index in [1.54, 1.807) is 39.7 Å². The molecule has 2 atom stereocenters. The maximum absolute atomic E-state index is 14.1. The van der Waals surface area contributed by atoms with Crippen molar-refractivity contribution in [2.45, 2.75) is 59.2 Å². The maximum atomic E-state index is 14.1. The van der Waals surface area contributed by atoms with Gasteiger partial charge in [0.1, 0.15) is 35.9 Å². The number of hydrogen-bond donors (Lipinski definition) is 3. The second-order valence-corrected chi connectivity index (χ2v) is 21.2. The minimum atomic E-state index is -0.769. The number of aromatic hydroxyl groups is 1. The summed E-state index contributed by atoms with van der Waals surface area (Å²) in [5, 5.41) is 17.1. The molecule has 2 aromatic heterocycles. The van der Waals surface area contributed by atoms with Crippen LogP contribution in [-0.4, -0.2) is 120 Å². The Balaban J connectivity index is 0.727. The Kier molecular flexibility index (Phi) is 16.2. The van der Waals surface area contributed by atoms with Crippen molar-refractivity contribution in [3.63, 3.8) is 0 Å². The van der Waals surface area contributed by atoms with Crippen molar-refractivity contribution in [3.05, 3.63) is 112 Å². The summed E-state index contributed by atoms with van der Waals surface area (Å²) in [5.74, 6) is 1.76. The lowest BCUT2D eigenvalue weighted by molar-refractivity contribution is -0.144. The fraction of sp³-hybridized carbons (Fsp3) is 0.385.